The summed E-state index contributed by atoms with van der Waals surface area (Å²) >= 11 is 0. The number of aryl methyl sites for hydroxylation is 1. The molecule has 106 valence electrons. The zero-order valence-corrected chi connectivity index (χ0v) is 12.2. The fourth-order valence-electron chi connectivity index (χ4n) is 1.46. The summed E-state index contributed by atoms with van der Waals surface area (Å²) in [7, 11) is 0. The van der Waals surface area contributed by atoms with Gasteiger partial charge in [-0.1, -0.05) is 23.5 Å². The quantitative estimate of drug-likeness (QED) is 0.666. The molecule has 1 aromatic rings. The first-order chi connectivity index (χ1) is 9.31. The fraction of sp³-hybridized carbons (Fsp3) is 0.375. The molecule has 0 radical (unpaired) electrons. The predicted molar refractivity (Wildman–Crippen MR) is 77.7 cm³/mol. The van der Waals surface area contributed by atoms with Gasteiger partial charge in [-0.05, 0) is 39.8 Å². The van der Waals surface area contributed by atoms with Crippen LogP contribution in [0.2, 0.25) is 0 Å². The van der Waals surface area contributed by atoms with Crippen LogP contribution in [0.1, 0.15) is 42.3 Å². The largest absolute Gasteiger partial charge is 0.444 e. The number of hydrogen-bond donors (Lipinski definition) is 1. The molecule has 0 aliphatic rings. The van der Waals surface area contributed by atoms with E-state index in [1.165, 1.54) is 0 Å². The Morgan fingerprint density at radius 1 is 1.40 bits per heavy atom. The standard InChI is InChI=1S/C16H19NO3/c1-12-7-8-13(14(10-12)11-18)6-5-9-17-15(19)20-16(2,3)4/h7-8,10-11H,9H2,1-4H3,(H,17,19). The van der Waals surface area contributed by atoms with Crippen molar-refractivity contribution >= 4 is 12.4 Å². The van der Waals surface area contributed by atoms with Crippen LogP contribution in [0.15, 0.2) is 18.2 Å². The van der Waals surface area contributed by atoms with Gasteiger partial charge in [0.25, 0.3) is 0 Å². The Balaban J connectivity index is 2.59. The summed E-state index contributed by atoms with van der Waals surface area (Å²) in [6.07, 6.45) is 0.268. The van der Waals surface area contributed by atoms with E-state index in [2.05, 4.69) is 17.2 Å². The van der Waals surface area contributed by atoms with Crippen molar-refractivity contribution in [2.45, 2.75) is 33.3 Å². The third-order valence-corrected chi connectivity index (χ3v) is 2.28. The van der Waals surface area contributed by atoms with Crippen LogP contribution < -0.4 is 5.32 Å². The molecule has 1 amide bonds. The molecule has 0 fully saturated rings. The van der Waals surface area contributed by atoms with Crippen LogP contribution in [0.5, 0.6) is 0 Å². The first kappa shape index (κ1) is 15.8. The number of nitrogens with one attached hydrogen (secondary N) is 1. The van der Waals surface area contributed by atoms with Gasteiger partial charge in [0.15, 0.2) is 6.29 Å². The van der Waals surface area contributed by atoms with Gasteiger partial charge in [0.05, 0.1) is 6.54 Å². The maximum absolute atomic E-state index is 11.4. The van der Waals surface area contributed by atoms with Gasteiger partial charge in [-0.3, -0.25) is 4.79 Å². The maximum atomic E-state index is 11.4. The van der Waals surface area contributed by atoms with Crippen LogP contribution in [-0.2, 0) is 4.74 Å². The highest BCUT2D eigenvalue weighted by Gasteiger charge is 2.14. The molecule has 1 N–H and O–H groups in total. The van der Waals surface area contributed by atoms with Gasteiger partial charge in [-0.15, -0.1) is 0 Å². The maximum Gasteiger partial charge on any atom is 0.408 e. The molecule has 0 aromatic heterocycles. The number of benzene rings is 1. The van der Waals surface area contributed by atoms with Crippen molar-refractivity contribution in [2.24, 2.45) is 0 Å². The normalized spacial score (nSPS) is 10.2. The van der Waals surface area contributed by atoms with Gasteiger partial charge in [-0.25, -0.2) is 4.79 Å². The van der Waals surface area contributed by atoms with E-state index in [9.17, 15) is 9.59 Å². The summed E-state index contributed by atoms with van der Waals surface area (Å²) in [5.41, 5.74) is 1.68. The summed E-state index contributed by atoms with van der Waals surface area (Å²) in [5.74, 6) is 5.65. The minimum Gasteiger partial charge on any atom is -0.444 e. The Hall–Kier alpha value is -2.28. The van der Waals surface area contributed by atoms with Crippen molar-refractivity contribution < 1.29 is 14.3 Å². The SMILES string of the molecule is Cc1ccc(C#CCNC(=O)OC(C)(C)C)c(C=O)c1. The lowest BCUT2D eigenvalue weighted by molar-refractivity contribution is 0.0535. The van der Waals surface area contributed by atoms with E-state index in [4.69, 9.17) is 4.74 Å². The molecule has 0 aliphatic carbocycles. The van der Waals surface area contributed by atoms with Crippen LogP contribution in [-0.4, -0.2) is 24.5 Å². The molecule has 0 atom stereocenters. The zero-order chi connectivity index (χ0) is 15.2. The van der Waals surface area contributed by atoms with E-state index in [1.807, 2.05) is 13.0 Å². The second-order valence-corrected chi connectivity index (χ2v) is 5.37. The van der Waals surface area contributed by atoms with E-state index in [0.717, 1.165) is 11.8 Å². The average Bonchev–Trinajstić information content (AvgIpc) is 2.33. The van der Waals surface area contributed by atoms with Crippen molar-refractivity contribution in [3.63, 3.8) is 0 Å². The second kappa shape index (κ2) is 6.76. The number of alkyl carbamates (subject to hydrolysis) is 1. The number of carbonyl (C=O) groups is 2. The van der Waals surface area contributed by atoms with Gasteiger partial charge in [0, 0.05) is 11.1 Å². The lowest BCUT2D eigenvalue weighted by Crippen LogP contribution is -2.32. The van der Waals surface area contributed by atoms with Gasteiger partial charge in [0.1, 0.15) is 5.60 Å². The number of aldehydes is 1. The van der Waals surface area contributed by atoms with Gasteiger partial charge >= 0.3 is 6.09 Å². The number of hydrogen-bond acceptors (Lipinski definition) is 3. The molecule has 4 nitrogen and oxygen atoms in total. The summed E-state index contributed by atoms with van der Waals surface area (Å²) in [4.78, 5) is 22.3. The van der Waals surface area contributed by atoms with E-state index in [-0.39, 0.29) is 6.54 Å². The van der Waals surface area contributed by atoms with Gasteiger partial charge in [0.2, 0.25) is 0 Å². The molecule has 0 bridgehead atoms. The fourth-order valence-corrected chi connectivity index (χ4v) is 1.46. The zero-order valence-electron chi connectivity index (χ0n) is 12.2. The molecule has 0 unspecified atom stereocenters. The summed E-state index contributed by atoms with van der Waals surface area (Å²) < 4.78 is 5.08. The Morgan fingerprint density at radius 3 is 2.70 bits per heavy atom. The third-order valence-electron chi connectivity index (χ3n) is 2.28. The molecule has 0 aliphatic heterocycles. The number of carbonyl (C=O) groups excluding carboxylic acids is 2. The van der Waals surface area contributed by atoms with Crippen LogP contribution in [0.4, 0.5) is 4.79 Å². The first-order valence-corrected chi connectivity index (χ1v) is 6.33. The van der Waals surface area contributed by atoms with Crippen LogP contribution in [0.3, 0.4) is 0 Å². The molecular formula is C16H19NO3. The number of amides is 1. The summed E-state index contributed by atoms with van der Waals surface area (Å²) in [5, 5.41) is 2.54. The Kier molecular flexibility index (Phi) is 5.33. The van der Waals surface area contributed by atoms with Crippen molar-refractivity contribution in [2.75, 3.05) is 6.54 Å². The summed E-state index contributed by atoms with van der Waals surface area (Å²) in [6, 6.07) is 5.45. The van der Waals surface area contributed by atoms with E-state index < -0.39 is 11.7 Å². The van der Waals surface area contributed by atoms with Gasteiger partial charge in [-0.2, -0.15) is 0 Å². The van der Waals surface area contributed by atoms with Crippen molar-refractivity contribution in [1.29, 1.82) is 0 Å². The highest BCUT2D eigenvalue weighted by Crippen LogP contribution is 2.08. The Labute approximate surface area is 119 Å². The Morgan fingerprint density at radius 2 is 2.10 bits per heavy atom. The molecule has 20 heavy (non-hydrogen) atoms. The molecule has 0 saturated heterocycles. The Bertz CT molecular complexity index is 559. The molecular weight excluding hydrogens is 254 g/mol. The van der Waals surface area contributed by atoms with Crippen molar-refractivity contribution in [3.05, 3.63) is 34.9 Å². The van der Waals surface area contributed by atoms with E-state index in [1.54, 1.807) is 32.9 Å². The van der Waals surface area contributed by atoms with Crippen molar-refractivity contribution in [3.8, 4) is 11.8 Å². The van der Waals surface area contributed by atoms with Crippen molar-refractivity contribution in [1.82, 2.24) is 5.32 Å². The minimum atomic E-state index is -0.529. The topological polar surface area (TPSA) is 55.4 Å². The number of ether oxygens (including phenoxy) is 1. The molecule has 0 saturated carbocycles. The first-order valence-electron chi connectivity index (χ1n) is 6.33. The molecule has 0 heterocycles. The van der Waals surface area contributed by atoms with Gasteiger partial charge < -0.3 is 10.1 Å². The summed E-state index contributed by atoms with van der Waals surface area (Å²) in [6.45, 7) is 7.46. The highest BCUT2D eigenvalue weighted by atomic mass is 16.6. The molecule has 0 spiro atoms. The monoisotopic (exact) mass is 273 g/mol. The third kappa shape index (κ3) is 5.57. The second-order valence-electron chi connectivity index (χ2n) is 5.37. The molecule has 1 aromatic carbocycles. The van der Waals surface area contributed by atoms with E-state index >= 15 is 0 Å². The molecule has 1 rings (SSSR count). The average molecular weight is 273 g/mol. The lowest BCUT2D eigenvalue weighted by atomic mass is 10.1. The molecule has 4 heteroatoms. The highest BCUT2D eigenvalue weighted by molar-refractivity contribution is 5.79. The van der Waals surface area contributed by atoms with Crippen LogP contribution in [0.25, 0.3) is 0 Å². The number of rotatable bonds is 2. The van der Waals surface area contributed by atoms with Crippen LogP contribution >= 0.6 is 0 Å². The van der Waals surface area contributed by atoms with E-state index in [0.29, 0.717) is 11.1 Å². The lowest BCUT2D eigenvalue weighted by Gasteiger charge is -2.19. The minimum absolute atomic E-state index is 0.168. The predicted octanol–water partition coefficient (Wildman–Crippen LogP) is 2.68. The smallest absolute Gasteiger partial charge is 0.408 e. The van der Waals surface area contributed by atoms with Crippen LogP contribution in [0, 0.1) is 18.8 Å².